The first-order valence-corrected chi connectivity index (χ1v) is 9.77. The van der Waals surface area contributed by atoms with Gasteiger partial charge in [0.15, 0.2) is 4.77 Å². The van der Waals surface area contributed by atoms with E-state index >= 15 is 0 Å². The normalized spacial score (nSPS) is 20.0. The number of hydrogen-bond donors (Lipinski definition) is 0. The minimum absolute atomic E-state index is 0.270. The third-order valence-electron chi connectivity index (χ3n) is 5.39. The van der Waals surface area contributed by atoms with E-state index in [0.717, 1.165) is 49.6 Å². The molecule has 0 spiro atoms. The van der Waals surface area contributed by atoms with Gasteiger partial charge in [0.1, 0.15) is 5.82 Å². The number of piperazine rings is 1. The number of aromatic nitrogens is 3. The number of carbonyl (C=O) groups excluding carboxylic acids is 1. The molecule has 1 aliphatic heterocycles. The molecule has 2 fully saturated rings. The Kier molecular flexibility index (Phi) is 6.06. The average molecular weight is 364 g/mol. The lowest BCUT2D eigenvalue weighted by molar-refractivity contribution is -0.138. The predicted octanol–water partition coefficient (Wildman–Crippen LogP) is 2.59. The minimum Gasteiger partial charge on any atom is -0.340 e. The fraction of sp³-hybridized carbons (Fsp3) is 0.722. The Morgan fingerprint density at radius 1 is 1.24 bits per heavy atom. The first-order valence-electron chi connectivity index (χ1n) is 9.36. The summed E-state index contributed by atoms with van der Waals surface area (Å²) in [7, 11) is 0. The van der Waals surface area contributed by atoms with Gasteiger partial charge >= 0.3 is 0 Å². The van der Waals surface area contributed by atoms with Gasteiger partial charge in [-0.2, -0.15) is 5.10 Å². The van der Waals surface area contributed by atoms with Crippen molar-refractivity contribution in [3.8, 4) is 0 Å². The van der Waals surface area contributed by atoms with Gasteiger partial charge in [-0.25, -0.2) is 4.68 Å². The molecule has 0 radical (unpaired) electrons. The second-order valence-electron chi connectivity index (χ2n) is 7.15. The van der Waals surface area contributed by atoms with Crippen LogP contribution < -0.4 is 0 Å². The van der Waals surface area contributed by atoms with Crippen molar-refractivity contribution in [3.05, 3.63) is 23.3 Å². The summed E-state index contributed by atoms with van der Waals surface area (Å²) in [5.74, 6) is 1.56. The van der Waals surface area contributed by atoms with Crippen molar-refractivity contribution in [2.45, 2.75) is 52.2 Å². The van der Waals surface area contributed by atoms with E-state index in [1.807, 2.05) is 22.2 Å². The maximum Gasteiger partial charge on any atom is 0.225 e. The molecule has 1 aromatic heterocycles. The van der Waals surface area contributed by atoms with E-state index in [4.69, 9.17) is 12.2 Å². The van der Waals surface area contributed by atoms with Crippen LogP contribution in [-0.2, 0) is 18.0 Å². The van der Waals surface area contributed by atoms with Crippen LogP contribution in [0.5, 0.6) is 0 Å². The van der Waals surface area contributed by atoms with E-state index in [0.29, 0.717) is 19.1 Å². The van der Waals surface area contributed by atoms with E-state index in [1.54, 1.807) is 0 Å². The van der Waals surface area contributed by atoms with E-state index in [-0.39, 0.29) is 5.92 Å². The van der Waals surface area contributed by atoms with Crippen molar-refractivity contribution in [2.75, 3.05) is 26.2 Å². The third kappa shape index (κ3) is 4.20. The van der Waals surface area contributed by atoms with Gasteiger partial charge in [0.2, 0.25) is 5.91 Å². The summed E-state index contributed by atoms with van der Waals surface area (Å²) >= 11 is 5.52. The minimum atomic E-state index is 0.270. The molecule has 0 atom stereocenters. The molecule has 1 saturated carbocycles. The monoisotopic (exact) mass is 363 g/mol. The van der Waals surface area contributed by atoms with Crippen LogP contribution in [0.15, 0.2) is 12.7 Å². The first kappa shape index (κ1) is 18.3. The number of rotatable bonds is 5. The smallest absolute Gasteiger partial charge is 0.225 e. The molecule has 1 saturated heterocycles. The number of allylic oxidation sites excluding steroid dienone is 1. The van der Waals surface area contributed by atoms with Gasteiger partial charge in [-0.05, 0) is 32.0 Å². The summed E-state index contributed by atoms with van der Waals surface area (Å²) in [6.07, 6.45) is 7.70. The highest BCUT2D eigenvalue weighted by Crippen LogP contribution is 2.25. The van der Waals surface area contributed by atoms with Gasteiger partial charge in [0, 0.05) is 38.6 Å². The lowest BCUT2D eigenvalue weighted by atomic mass is 9.88. The molecule has 0 bridgehead atoms. The second kappa shape index (κ2) is 8.27. The van der Waals surface area contributed by atoms with Gasteiger partial charge in [0.05, 0.1) is 6.67 Å². The van der Waals surface area contributed by atoms with E-state index < -0.39 is 0 Å². The molecule has 7 heteroatoms. The highest BCUT2D eigenvalue weighted by molar-refractivity contribution is 7.71. The lowest BCUT2D eigenvalue weighted by Gasteiger charge is -2.36. The number of carbonyl (C=O) groups is 1. The molecule has 0 aromatic carbocycles. The largest absolute Gasteiger partial charge is 0.340 e. The van der Waals surface area contributed by atoms with E-state index in [9.17, 15) is 4.79 Å². The van der Waals surface area contributed by atoms with Crippen molar-refractivity contribution in [3.63, 3.8) is 0 Å². The molecule has 1 aliphatic carbocycles. The topological polar surface area (TPSA) is 46.3 Å². The molecule has 6 nitrogen and oxygen atoms in total. The molecule has 138 valence electrons. The Labute approximate surface area is 155 Å². The zero-order valence-corrected chi connectivity index (χ0v) is 16.0. The zero-order chi connectivity index (χ0) is 17.8. The van der Waals surface area contributed by atoms with Crippen molar-refractivity contribution < 1.29 is 4.79 Å². The highest BCUT2D eigenvalue weighted by Gasteiger charge is 2.28. The molecule has 1 amide bonds. The van der Waals surface area contributed by atoms with E-state index in [1.165, 1.54) is 19.3 Å². The quantitative estimate of drug-likeness (QED) is 0.596. The Hall–Kier alpha value is -1.47. The van der Waals surface area contributed by atoms with E-state index in [2.05, 4.69) is 21.5 Å². The third-order valence-corrected chi connectivity index (χ3v) is 5.82. The number of amides is 1. The maximum atomic E-state index is 12.7. The number of hydrogen-bond acceptors (Lipinski definition) is 4. The average Bonchev–Trinajstić information content (AvgIpc) is 2.90. The van der Waals surface area contributed by atoms with Gasteiger partial charge < -0.3 is 9.47 Å². The van der Waals surface area contributed by atoms with Crippen LogP contribution in [0.3, 0.4) is 0 Å². The molecule has 0 N–H and O–H groups in total. The Morgan fingerprint density at radius 2 is 1.92 bits per heavy atom. The molecule has 25 heavy (non-hydrogen) atoms. The second-order valence-corrected chi connectivity index (χ2v) is 7.51. The van der Waals surface area contributed by atoms with Gasteiger partial charge in [-0.1, -0.05) is 25.3 Å². The van der Waals surface area contributed by atoms with Gasteiger partial charge in [-0.15, -0.1) is 6.58 Å². The summed E-state index contributed by atoms with van der Waals surface area (Å²) in [5, 5.41) is 4.56. The van der Waals surface area contributed by atoms with Crippen LogP contribution in [0.1, 0.15) is 37.9 Å². The van der Waals surface area contributed by atoms with Crippen molar-refractivity contribution in [2.24, 2.45) is 5.92 Å². The van der Waals surface area contributed by atoms with Gasteiger partial charge in [0.25, 0.3) is 0 Å². The zero-order valence-electron chi connectivity index (χ0n) is 15.2. The first-order chi connectivity index (χ1) is 12.1. The number of nitrogens with zero attached hydrogens (tertiary/aromatic N) is 5. The lowest BCUT2D eigenvalue weighted by Crippen LogP contribution is -2.50. The van der Waals surface area contributed by atoms with Crippen LogP contribution >= 0.6 is 12.2 Å². The molecular weight excluding hydrogens is 334 g/mol. The maximum absolute atomic E-state index is 12.7. The molecular formula is C18H29N5OS. The Balaban J connectivity index is 1.54. The van der Waals surface area contributed by atoms with Crippen LogP contribution in [0, 0.1) is 17.6 Å². The fourth-order valence-electron chi connectivity index (χ4n) is 3.89. The number of aryl methyl sites for hydroxylation is 1. The highest BCUT2D eigenvalue weighted by atomic mass is 32.1. The van der Waals surface area contributed by atoms with Gasteiger partial charge in [-0.3, -0.25) is 9.69 Å². The molecule has 0 unspecified atom stereocenters. The Morgan fingerprint density at radius 3 is 2.56 bits per heavy atom. The van der Waals surface area contributed by atoms with Crippen molar-refractivity contribution >= 4 is 18.1 Å². The summed E-state index contributed by atoms with van der Waals surface area (Å²) in [4.78, 5) is 17.0. The van der Waals surface area contributed by atoms with Crippen LogP contribution in [-0.4, -0.2) is 56.2 Å². The summed E-state index contributed by atoms with van der Waals surface area (Å²) in [6, 6.07) is 0. The van der Waals surface area contributed by atoms with Crippen LogP contribution in [0.25, 0.3) is 0 Å². The SMILES string of the molecule is C=CCn1c(C)nn(CN2CCN(C(=O)C3CCCCC3)CC2)c1=S. The molecule has 1 aromatic rings. The summed E-state index contributed by atoms with van der Waals surface area (Å²) in [6.45, 7) is 10.5. The summed E-state index contributed by atoms with van der Waals surface area (Å²) in [5.41, 5.74) is 0. The standard InChI is InChI=1S/C18H29N5OS/c1-3-9-22-15(2)19-23(18(22)25)14-20-10-12-21(13-11-20)17(24)16-7-5-4-6-8-16/h3,16H,1,4-14H2,2H3. The summed E-state index contributed by atoms with van der Waals surface area (Å²) < 4.78 is 4.61. The molecule has 2 aliphatic rings. The van der Waals surface area contributed by atoms with Crippen molar-refractivity contribution in [1.29, 1.82) is 0 Å². The molecule has 2 heterocycles. The fourth-order valence-corrected chi connectivity index (χ4v) is 4.19. The van der Waals surface area contributed by atoms with Crippen LogP contribution in [0.4, 0.5) is 0 Å². The van der Waals surface area contributed by atoms with Crippen LogP contribution in [0.2, 0.25) is 0 Å². The van der Waals surface area contributed by atoms with Crippen molar-refractivity contribution in [1.82, 2.24) is 24.1 Å². The predicted molar refractivity (Wildman–Crippen MR) is 101 cm³/mol. The Bertz CT molecular complexity index is 665. The molecule has 3 rings (SSSR count).